The average Bonchev–Trinajstić information content (AvgIpc) is 2.41. The Kier molecular flexibility index (Phi) is 2.36. The van der Waals surface area contributed by atoms with Gasteiger partial charge in [0.15, 0.2) is 0 Å². The first kappa shape index (κ1) is 9.85. The largest absolute Gasteiger partial charge is 0.391 e. The first-order valence-corrected chi connectivity index (χ1v) is 6.48. The van der Waals surface area contributed by atoms with Crippen molar-refractivity contribution in [3.8, 4) is 0 Å². The summed E-state index contributed by atoms with van der Waals surface area (Å²) in [5, 5.41) is 9.70. The van der Waals surface area contributed by atoms with Gasteiger partial charge in [0.25, 0.3) is 0 Å². The van der Waals surface area contributed by atoms with Gasteiger partial charge in [0.2, 0.25) is 0 Å². The van der Waals surface area contributed by atoms with Gasteiger partial charge in [-0.2, -0.15) is 0 Å². The van der Waals surface area contributed by atoms with Gasteiger partial charge in [-0.05, 0) is 41.6 Å². The monoisotopic (exact) mass is 270 g/mol. The summed E-state index contributed by atoms with van der Waals surface area (Å²) in [6.07, 6.45) is 5.48. The second kappa shape index (κ2) is 3.59. The van der Waals surface area contributed by atoms with Crippen molar-refractivity contribution in [3.63, 3.8) is 0 Å². The zero-order chi connectivity index (χ0) is 10.4. The molecule has 1 atom stereocenters. The van der Waals surface area contributed by atoms with E-state index in [0.717, 1.165) is 24.0 Å². The maximum Gasteiger partial charge on any atom is 0.127 e. The van der Waals surface area contributed by atoms with Crippen LogP contribution in [-0.2, 0) is 13.0 Å². The van der Waals surface area contributed by atoms with Crippen LogP contribution in [0.5, 0.6) is 0 Å². The molecule has 0 radical (unpaired) electrons. The molecular weight excluding hydrogens is 256 g/mol. The molecule has 1 aromatic heterocycles. The molecule has 0 amide bonds. The third kappa shape index (κ3) is 1.54. The zero-order valence-electron chi connectivity index (χ0n) is 8.62. The van der Waals surface area contributed by atoms with Crippen LogP contribution in [0.15, 0.2) is 4.60 Å². The van der Waals surface area contributed by atoms with Gasteiger partial charge in [-0.1, -0.05) is 6.42 Å². The highest BCUT2D eigenvalue weighted by Gasteiger charge is 2.30. The smallest absolute Gasteiger partial charge is 0.127 e. The Bertz CT molecular complexity index is 384. The zero-order valence-corrected chi connectivity index (χ0v) is 10.2. The van der Waals surface area contributed by atoms with Crippen molar-refractivity contribution in [2.24, 2.45) is 0 Å². The number of halogens is 1. The van der Waals surface area contributed by atoms with Crippen LogP contribution in [0.1, 0.15) is 43.1 Å². The summed E-state index contributed by atoms with van der Waals surface area (Å²) in [5.41, 5.74) is 1.28. The normalized spacial score (nSPS) is 26.1. The van der Waals surface area contributed by atoms with E-state index in [-0.39, 0.29) is 6.10 Å². The van der Waals surface area contributed by atoms with Gasteiger partial charge >= 0.3 is 0 Å². The maximum absolute atomic E-state index is 9.70. The van der Waals surface area contributed by atoms with E-state index in [1.54, 1.807) is 0 Å². The van der Waals surface area contributed by atoms with Gasteiger partial charge in [0, 0.05) is 5.92 Å². The maximum atomic E-state index is 9.70. The number of nitrogens with zero attached hydrogens (tertiary/aromatic N) is 2. The molecule has 3 rings (SSSR count). The molecule has 15 heavy (non-hydrogen) atoms. The standard InChI is InChI=1S/C11H15BrN2O/c12-10-9-5-4-8(15)6-14(9)11(13-10)7-2-1-3-7/h7-8,15H,1-6H2. The molecule has 1 aromatic rings. The Labute approximate surface area is 97.6 Å². The first-order chi connectivity index (χ1) is 7.25. The number of aliphatic hydroxyl groups excluding tert-OH is 1. The van der Waals surface area contributed by atoms with E-state index in [9.17, 15) is 5.11 Å². The summed E-state index contributed by atoms with van der Waals surface area (Å²) in [7, 11) is 0. The predicted octanol–water partition coefficient (Wildman–Crippen LogP) is 2.22. The molecule has 0 bridgehead atoms. The van der Waals surface area contributed by atoms with E-state index in [2.05, 4.69) is 25.5 Å². The lowest BCUT2D eigenvalue weighted by Crippen LogP contribution is -2.27. The fourth-order valence-corrected chi connectivity index (χ4v) is 3.09. The number of aliphatic hydroxyl groups is 1. The van der Waals surface area contributed by atoms with Gasteiger partial charge in [-0.15, -0.1) is 0 Å². The topological polar surface area (TPSA) is 38.1 Å². The lowest BCUT2D eigenvalue weighted by molar-refractivity contribution is 0.128. The lowest BCUT2D eigenvalue weighted by atomic mass is 9.84. The quantitative estimate of drug-likeness (QED) is 0.850. The molecule has 4 heteroatoms. The van der Waals surface area contributed by atoms with Crippen LogP contribution < -0.4 is 0 Å². The van der Waals surface area contributed by atoms with E-state index < -0.39 is 0 Å². The Hall–Kier alpha value is -0.350. The van der Waals surface area contributed by atoms with Gasteiger partial charge in [-0.3, -0.25) is 0 Å². The van der Waals surface area contributed by atoms with E-state index in [0.29, 0.717) is 5.92 Å². The Morgan fingerprint density at radius 2 is 2.13 bits per heavy atom. The summed E-state index contributed by atoms with van der Waals surface area (Å²) in [6, 6.07) is 0. The minimum absolute atomic E-state index is 0.183. The van der Waals surface area contributed by atoms with Crippen LogP contribution in [0.4, 0.5) is 0 Å². The van der Waals surface area contributed by atoms with Crippen molar-refractivity contribution in [1.82, 2.24) is 9.55 Å². The van der Waals surface area contributed by atoms with E-state index in [1.165, 1.54) is 30.8 Å². The van der Waals surface area contributed by atoms with Crippen molar-refractivity contribution in [2.75, 3.05) is 0 Å². The molecule has 0 spiro atoms. The van der Waals surface area contributed by atoms with Crippen molar-refractivity contribution in [1.29, 1.82) is 0 Å². The van der Waals surface area contributed by atoms with Gasteiger partial charge in [-0.25, -0.2) is 4.98 Å². The highest BCUT2D eigenvalue weighted by Crippen LogP contribution is 2.38. The molecule has 2 aliphatic rings. The minimum Gasteiger partial charge on any atom is -0.391 e. The molecule has 0 aromatic carbocycles. The Balaban J connectivity index is 2.00. The van der Waals surface area contributed by atoms with Crippen LogP contribution in [0.25, 0.3) is 0 Å². The molecule has 1 saturated carbocycles. The van der Waals surface area contributed by atoms with E-state index in [1.807, 2.05) is 0 Å². The van der Waals surface area contributed by atoms with Crippen LogP contribution in [-0.4, -0.2) is 20.8 Å². The first-order valence-electron chi connectivity index (χ1n) is 5.68. The van der Waals surface area contributed by atoms with Crippen LogP contribution >= 0.6 is 15.9 Å². The Morgan fingerprint density at radius 3 is 2.80 bits per heavy atom. The van der Waals surface area contributed by atoms with Gasteiger partial charge < -0.3 is 9.67 Å². The number of fused-ring (bicyclic) bond motifs is 1. The molecule has 1 N–H and O–H groups in total. The summed E-state index contributed by atoms with van der Waals surface area (Å²) in [6.45, 7) is 0.736. The van der Waals surface area contributed by atoms with E-state index in [4.69, 9.17) is 0 Å². The molecule has 3 nitrogen and oxygen atoms in total. The summed E-state index contributed by atoms with van der Waals surface area (Å²) < 4.78 is 3.23. The van der Waals surface area contributed by atoms with Crippen molar-refractivity contribution < 1.29 is 5.11 Å². The van der Waals surface area contributed by atoms with Crippen molar-refractivity contribution in [3.05, 3.63) is 16.1 Å². The number of hydrogen-bond acceptors (Lipinski definition) is 2. The average molecular weight is 271 g/mol. The molecule has 1 fully saturated rings. The molecule has 2 heterocycles. The second-order valence-corrected chi connectivity index (χ2v) is 5.39. The molecule has 1 aliphatic carbocycles. The number of rotatable bonds is 1. The third-order valence-electron chi connectivity index (χ3n) is 3.63. The number of hydrogen-bond donors (Lipinski definition) is 1. The summed E-state index contributed by atoms with van der Waals surface area (Å²) >= 11 is 3.53. The lowest BCUT2D eigenvalue weighted by Gasteiger charge is -2.28. The van der Waals surface area contributed by atoms with Crippen LogP contribution in [0.2, 0.25) is 0 Å². The molecule has 1 unspecified atom stereocenters. The van der Waals surface area contributed by atoms with Crippen LogP contribution in [0.3, 0.4) is 0 Å². The third-order valence-corrected chi connectivity index (χ3v) is 4.27. The van der Waals surface area contributed by atoms with Crippen molar-refractivity contribution in [2.45, 2.75) is 50.7 Å². The number of aromatic nitrogens is 2. The Morgan fingerprint density at radius 1 is 1.33 bits per heavy atom. The molecule has 82 valence electrons. The highest BCUT2D eigenvalue weighted by molar-refractivity contribution is 9.10. The van der Waals surface area contributed by atoms with Crippen molar-refractivity contribution >= 4 is 15.9 Å². The summed E-state index contributed by atoms with van der Waals surface area (Å²) in [5.74, 6) is 1.84. The fourth-order valence-electron chi connectivity index (χ4n) is 2.50. The van der Waals surface area contributed by atoms with Gasteiger partial charge in [0.1, 0.15) is 10.4 Å². The second-order valence-electron chi connectivity index (χ2n) is 4.64. The fraction of sp³-hybridized carbons (Fsp3) is 0.727. The molecule has 0 saturated heterocycles. The van der Waals surface area contributed by atoms with Gasteiger partial charge in [0.05, 0.1) is 18.3 Å². The molecular formula is C11H15BrN2O. The summed E-state index contributed by atoms with van der Waals surface area (Å²) in [4.78, 5) is 4.62. The minimum atomic E-state index is -0.183. The predicted molar refractivity (Wildman–Crippen MR) is 60.8 cm³/mol. The van der Waals surface area contributed by atoms with E-state index >= 15 is 0 Å². The number of imidazole rings is 1. The highest BCUT2D eigenvalue weighted by atomic mass is 79.9. The SMILES string of the molecule is OC1CCc2c(Br)nc(C3CCC3)n2C1. The van der Waals surface area contributed by atoms with Crippen LogP contribution in [0, 0.1) is 0 Å². The molecule has 1 aliphatic heterocycles.